The van der Waals surface area contributed by atoms with Crippen LogP contribution in [0.4, 0.5) is 11.4 Å². The van der Waals surface area contributed by atoms with E-state index in [9.17, 15) is 9.59 Å². The van der Waals surface area contributed by atoms with Gasteiger partial charge < -0.3 is 14.4 Å². The molecule has 0 N–H and O–H groups in total. The van der Waals surface area contributed by atoms with Gasteiger partial charge in [-0.3, -0.25) is 0 Å². The molecule has 6 aromatic rings. The molecule has 0 radical (unpaired) electrons. The molecule has 0 atom stereocenters. The van der Waals surface area contributed by atoms with Crippen LogP contribution in [0.3, 0.4) is 0 Å². The van der Waals surface area contributed by atoms with Crippen molar-refractivity contribution in [2.75, 3.05) is 11.4 Å². The van der Waals surface area contributed by atoms with Gasteiger partial charge in [0.1, 0.15) is 11.5 Å². The summed E-state index contributed by atoms with van der Waals surface area (Å²) in [5.41, 5.74) is 2.31. The zero-order valence-electron chi connectivity index (χ0n) is 28.3. The minimum Gasteiger partial charge on any atom is -0.423 e. The highest BCUT2D eigenvalue weighted by molar-refractivity contribution is 6.10. The molecule has 0 saturated carbocycles. The van der Waals surface area contributed by atoms with E-state index in [1.165, 1.54) is 57.1 Å². The fourth-order valence-corrected chi connectivity index (χ4v) is 6.66. The van der Waals surface area contributed by atoms with Crippen LogP contribution in [-0.4, -0.2) is 18.5 Å². The van der Waals surface area contributed by atoms with Crippen LogP contribution in [-0.2, 0) is 9.59 Å². The largest absolute Gasteiger partial charge is 0.423 e. The summed E-state index contributed by atoms with van der Waals surface area (Å²) >= 11 is 0. The summed E-state index contributed by atoms with van der Waals surface area (Å²) in [7, 11) is 0. The Labute approximate surface area is 288 Å². The van der Waals surface area contributed by atoms with Gasteiger partial charge in [-0.05, 0) is 98.0 Å². The van der Waals surface area contributed by atoms with Gasteiger partial charge in [-0.25, -0.2) is 9.59 Å². The van der Waals surface area contributed by atoms with Crippen LogP contribution in [0.5, 0.6) is 11.5 Å². The quantitative estimate of drug-likeness (QED) is 0.0364. The van der Waals surface area contributed by atoms with Gasteiger partial charge in [-0.15, -0.1) is 0 Å². The first kappa shape index (κ1) is 33.5. The standard InChI is InChI=1S/C44H43NO4/c1-4-7-8-9-10-11-12-13-26-45(35-18-22-39-31(27-35)14-16-33-29-37(20-24-41(33)39)48-43(46)5-2)36-19-23-40-32(28-36)15-17-34-30-38(21-25-42(34)40)49-44(47)6-3/h5-6,14-25,27-30H,2-4,7-13,26H2,1H3. The van der Waals surface area contributed by atoms with Gasteiger partial charge in [0.2, 0.25) is 0 Å². The summed E-state index contributed by atoms with van der Waals surface area (Å²) in [5.74, 6) is 0.0731. The molecule has 248 valence electrons. The number of nitrogens with zero attached hydrogens (tertiary/aromatic N) is 1. The molecule has 49 heavy (non-hydrogen) atoms. The van der Waals surface area contributed by atoms with Gasteiger partial charge in [0.05, 0.1) is 0 Å². The molecule has 0 aliphatic heterocycles. The van der Waals surface area contributed by atoms with Gasteiger partial charge in [-0.2, -0.15) is 0 Å². The number of hydrogen-bond donors (Lipinski definition) is 0. The fourth-order valence-electron chi connectivity index (χ4n) is 6.66. The van der Waals surface area contributed by atoms with Crippen molar-refractivity contribution in [2.45, 2.75) is 58.3 Å². The molecule has 0 aliphatic carbocycles. The van der Waals surface area contributed by atoms with Crippen LogP contribution < -0.4 is 14.4 Å². The lowest BCUT2D eigenvalue weighted by atomic mass is 9.99. The lowest BCUT2D eigenvalue weighted by molar-refractivity contribution is -0.129. The zero-order chi connectivity index (χ0) is 34.2. The van der Waals surface area contributed by atoms with Crippen molar-refractivity contribution < 1.29 is 19.1 Å². The second-order valence-electron chi connectivity index (χ2n) is 12.6. The van der Waals surface area contributed by atoms with Crippen molar-refractivity contribution in [1.29, 1.82) is 0 Å². The van der Waals surface area contributed by atoms with Crippen LogP contribution in [0.15, 0.2) is 122 Å². The lowest BCUT2D eigenvalue weighted by Gasteiger charge is -2.26. The van der Waals surface area contributed by atoms with Crippen LogP contribution in [0.25, 0.3) is 43.1 Å². The van der Waals surface area contributed by atoms with Crippen LogP contribution in [0, 0.1) is 0 Å². The molecule has 0 bridgehead atoms. The van der Waals surface area contributed by atoms with Crippen molar-refractivity contribution in [3.8, 4) is 11.5 Å². The van der Waals surface area contributed by atoms with E-state index in [0.717, 1.165) is 67.4 Å². The predicted molar refractivity (Wildman–Crippen MR) is 204 cm³/mol. The molecule has 5 heteroatoms. The minimum atomic E-state index is -0.469. The number of carbonyl (C=O) groups is 2. The highest BCUT2D eigenvalue weighted by atomic mass is 16.5. The predicted octanol–water partition coefficient (Wildman–Crippen LogP) is 11.8. The average molecular weight is 650 g/mol. The molecule has 5 nitrogen and oxygen atoms in total. The third kappa shape index (κ3) is 7.84. The van der Waals surface area contributed by atoms with E-state index >= 15 is 0 Å². The average Bonchev–Trinajstić information content (AvgIpc) is 3.13. The summed E-state index contributed by atoms with van der Waals surface area (Å²) in [5, 5.41) is 8.85. The number of esters is 2. The van der Waals surface area contributed by atoms with E-state index in [1.54, 1.807) is 0 Å². The second-order valence-corrected chi connectivity index (χ2v) is 12.6. The van der Waals surface area contributed by atoms with E-state index in [-0.39, 0.29) is 0 Å². The third-order valence-corrected chi connectivity index (χ3v) is 9.21. The molecule has 6 aromatic carbocycles. The summed E-state index contributed by atoms with van der Waals surface area (Å²) in [6.45, 7) is 10.2. The maximum Gasteiger partial charge on any atom is 0.335 e. The van der Waals surface area contributed by atoms with Crippen molar-refractivity contribution in [3.63, 3.8) is 0 Å². The number of unbranched alkanes of at least 4 members (excludes halogenated alkanes) is 7. The summed E-state index contributed by atoms with van der Waals surface area (Å²) in [6, 6.07) is 33.3. The molecule has 0 spiro atoms. The van der Waals surface area contributed by atoms with E-state index in [2.05, 4.69) is 85.6 Å². The van der Waals surface area contributed by atoms with Crippen molar-refractivity contribution in [1.82, 2.24) is 0 Å². The van der Waals surface area contributed by atoms with Crippen molar-refractivity contribution >= 4 is 66.4 Å². The highest BCUT2D eigenvalue weighted by Crippen LogP contribution is 2.36. The van der Waals surface area contributed by atoms with Crippen LogP contribution >= 0.6 is 0 Å². The SMILES string of the molecule is C=CC(=O)Oc1ccc2c(ccc3cc(N(CCCCCCCCCC)c4ccc5c(ccc6cc(OC(=O)C=C)ccc65)c4)ccc32)c1. The molecular weight excluding hydrogens is 606 g/mol. The van der Waals surface area contributed by atoms with E-state index in [0.29, 0.717) is 11.5 Å². The van der Waals surface area contributed by atoms with Gasteiger partial charge in [0, 0.05) is 30.1 Å². The second kappa shape index (κ2) is 15.7. The molecular formula is C44H43NO4. The summed E-state index contributed by atoms with van der Waals surface area (Å²) in [4.78, 5) is 25.9. The smallest absolute Gasteiger partial charge is 0.335 e. The first-order valence-corrected chi connectivity index (χ1v) is 17.4. The van der Waals surface area contributed by atoms with Gasteiger partial charge in [0.15, 0.2) is 0 Å². The molecule has 0 fully saturated rings. The maximum absolute atomic E-state index is 11.7. The van der Waals surface area contributed by atoms with Crippen molar-refractivity contribution in [2.24, 2.45) is 0 Å². The zero-order valence-corrected chi connectivity index (χ0v) is 28.3. The van der Waals surface area contributed by atoms with E-state index in [4.69, 9.17) is 9.47 Å². The monoisotopic (exact) mass is 649 g/mol. The normalized spacial score (nSPS) is 11.2. The Hall–Kier alpha value is -5.42. The lowest BCUT2D eigenvalue weighted by Crippen LogP contribution is -2.18. The first-order valence-electron chi connectivity index (χ1n) is 17.4. The Balaban J connectivity index is 1.31. The minimum absolute atomic E-state index is 0.469. The van der Waals surface area contributed by atoms with Gasteiger partial charge >= 0.3 is 11.9 Å². The molecule has 0 amide bonds. The Morgan fingerprint density at radius 1 is 0.531 bits per heavy atom. The first-order chi connectivity index (χ1) is 24.0. The molecule has 0 aliphatic rings. The van der Waals surface area contributed by atoms with E-state index < -0.39 is 11.9 Å². The molecule has 0 aromatic heterocycles. The topological polar surface area (TPSA) is 55.8 Å². The summed E-state index contributed by atoms with van der Waals surface area (Å²) in [6.07, 6.45) is 12.5. The molecule has 0 saturated heterocycles. The Bertz CT molecular complexity index is 2020. The number of rotatable bonds is 15. The molecule has 6 rings (SSSR count). The van der Waals surface area contributed by atoms with Gasteiger partial charge in [-0.1, -0.05) is 114 Å². The number of carbonyl (C=O) groups excluding carboxylic acids is 2. The summed E-state index contributed by atoms with van der Waals surface area (Å²) < 4.78 is 10.7. The highest BCUT2D eigenvalue weighted by Gasteiger charge is 2.14. The fraction of sp³-hybridized carbons (Fsp3) is 0.227. The third-order valence-electron chi connectivity index (χ3n) is 9.21. The maximum atomic E-state index is 11.7. The van der Waals surface area contributed by atoms with Crippen LogP contribution in [0.2, 0.25) is 0 Å². The van der Waals surface area contributed by atoms with Gasteiger partial charge in [0.25, 0.3) is 0 Å². The molecule has 0 heterocycles. The number of fused-ring (bicyclic) bond motifs is 6. The Kier molecular flexibility index (Phi) is 10.7. The van der Waals surface area contributed by atoms with E-state index in [1.807, 2.05) is 36.4 Å². The number of hydrogen-bond acceptors (Lipinski definition) is 5. The number of anilines is 2. The van der Waals surface area contributed by atoms with Crippen LogP contribution in [0.1, 0.15) is 58.3 Å². The molecule has 0 unspecified atom stereocenters. The Morgan fingerprint density at radius 2 is 0.918 bits per heavy atom. The number of benzene rings is 6. The Morgan fingerprint density at radius 3 is 1.35 bits per heavy atom. The number of ether oxygens (including phenoxy) is 2. The van der Waals surface area contributed by atoms with Crippen molar-refractivity contribution in [3.05, 3.63) is 122 Å².